The second-order valence-electron chi connectivity index (χ2n) is 7.27. The molecule has 0 unspecified atom stereocenters. The lowest BCUT2D eigenvalue weighted by Crippen LogP contribution is -2.47. The van der Waals surface area contributed by atoms with Crippen LogP contribution in [0.4, 0.5) is 0 Å². The monoisotopic (exact) mass is 321 g/mol. The number of likely N-dealkylation sites (tertiary alicyclic amines) is 1. The molecule has 0 aromatic heterocycles. The Morgan fingerprint density at radius 2 is 1.71 bits per heavy atom. The van der Waals surface area contributed by atoms with E-state index in [2.05, 4.69) is 49.1 Å². The van der Waals surface area contributed by atoms with Gasteiger partial charge < -0.3 is 4.90 Å². The smallest absolute Gasteiger partial charge is 0.164 e. The van der Waals surface area contributed by atoms with Crippen molar-refractivity contribution in [1.82, 2.24) is 4.90 Å². The van der Waals surface area contributed by atoms with Crippen molar-refractivity contribution in [3.63, 3.8) is 0 Å². The first-order chi connectivity index (χ1) is 11.6. The van der Waals surface area contributed by atoms with Gasteiger partial charge in [-0.3, -0.25) is 4.79 Å². The van der Waals surface area contributed by atoms with E-state index in [1.165, 1.54) is 5.56 Å². The van der Waals surface area contributed by atoms with Crippen LogP contribution in [-0.4, -0.2) is 30.3 Å². The lowest BCUT2D eigenvalue weighted by molar-refractivity contribution is 0.0887. The van der Waals surface area contributed by atoms with Crippen LogP contribution in [0.2, 0.25) is 0 Å². The number of hydrogen-bond donors (Lipinski definition) is 0. The molecule has 1 heterocycles. The fraction of sp³-hybridized carbons (Fsp3) is 0.409. The minimum absolute atomic E-state index is 0.237. The highest BCUT2D eigenvalue weighted by Crippen LogP contribution is 2.39. The normalized spacial score (nSPS) is 24.7. The highest BCUT2D eigenvalue weighted by atomic mass is 16.1. The molecule has 2 atom stereocenters. The second-order valence-corrected chi connectivity index (χ2v) is 7.27. The summed E-state index contributed by atoms with van der Waals surface area (Å²) >= 11 is 0. The third-order valence-corrected chi connectivity index (χ3v) is 5.75. The highest BCUT2D eigenvalue weighted by Gasteiger charge is 2.37. The molecule has 0 spiro atoms. The maximum Gasteiger partial charge on any atom is 0.164 e. The largest absolute Gasteiger partial charge is 0.303 e. The zero-order valence-corrected chi connectivity index (χ0v) is 14.7. The molecular weight excluding hydrogens is 294 g/mol. The Labute approximate surface area is 145 Å². The minimum Gasteiger partial charge on any atom is -0.303 e. The summed E-state index contributed by atoms with van der Waals surface area (Å²) in [5.74, 6) is 0.833. The van der Waals surface area contributed by atoms with Crippen molar-refractivity contribution in [2.45, 2.75) is 32.1 Å². The Kier molecular flexibility index (Phi) is 5.15. The minimum atomic E-state index is 0.237. The van der Waals surface area contributed by atoms with Crippen molar-refractivity contribution in [2.75, 3.05) is 19.6 Å². The number of hydrogen-bond acceptors (Lipinski definition) is 2. The Morgan fingerprint density at radius 1 is 1.08 bits per heavy atom. The SMILES string of the molecule is C[C@H]1CN(CCC(=O)c2ccccc2)CC[C@@]1(C)c1ccccc1. The molecule has 1 saturated heterocycles. The van der Waals surface area contributed by atoms with Crippen LogP contribution < -0.4 is 0 Å². The van der Waals surface area contributed by atoms with E-state index in [-0.39, 0.29) is 11.2 Å². The van der Waals surface area contributed by atoms with Gasteiger partial charge in [0, 0.05) is 25.1 Å². The fourth-order valence-electron chi connectivity index (χ4n) is 3.80. The second kappa shape index (κ2) is 7.31. The maximum absolute atomic E-state index is 12.3. The van der Waals surface area contributed by atoms with Gasteiger partial charge in [0.25, 0.3) is 0 Å². The number of carbonyl (C=O) groups is 1. The van der Waals surface area contributed by atoms with Crippen molar-refractivity contribution in [2.24, 2.45) is 5.92 Å². The van der Waals surface area contributed by atoms with E-state index in [9.17, 15) is 4.79 Å². The standard InChI is InChI=1S/C22H27NO/c1-18-17-23(15-13-21(24)19-9-5-3-6-10-19)16-14-22(18,2)20-11-7-4-8-12-20/h3-12,18H,13-17H2,1-2H3/t18-,22+/m0/s1. The van der Waals surface area contributed by atoms with Crippen molar-refractivity contribution < 1.29 is 4.79 Å². The number of carbonyl (C=O) groups excluding carboxylic acids is 1. The quantitative estimate of drug-likeness (QED) is 0.753. The van der Waals surface area contributed by atoms with Crippen LogP contribution in [0.1, 0.15) is 42.6 Å². The molecule has 2 aromatic carbocycles. The van der Waals surface area contributed by atoms with Crippen LogP contribution in [0, 0.1) is 5.92 Å². The molecule has 0 radical (unpaired) electrons. The molecule has 3 rings (SSSR count). The van der Waals surface area contributed by atoms with Crippen molar-refractivity contribution in [1.29, 1.82) is 0 Å². The van der Waals surface area contributed by atoms with Gasteiger partial charge in [-0.05, 0) is 29.9 Å². The van der Waals surface area contributed by atoms with Crippen molar-refractivity contribution in [3.8, 4) is 0 Å². The van der Waals surface area contributed by atoms with Gasteiger partial charge in [-0.2, -0.15) is 0 Å². The van der Waals surface area contributed by atoms with Crippen LogP contribution >= 0.6 is 0 Å². The third-order valence-electron chi connectivity index (χ3n) is 5.75. The van der Waals surface area contributed by atoms with Crippen LogP contribution in [0.15, 0.2) is 60.7 Å². The average Bonchev–Trinajstić information content (AvgIpc) is 2.64. The van der Waals surface area contributed by atoms with Gasteiger partial charge in [0.2, 0.25) is 0 Å². The van der Waals surface area contributed by atoms with Gasteiger partial charge in [0.05, 0.1) is 0 Å². The zero-order valence-electron chi connectivity index (χ0n) is 14.7. The summed E-state index contributed by atoms with van der Waals surface area (Å²) in [5, 5.41) is 0. The fourth-order valence-corrected chi connectivity index (χ4v) is 3.80. The topological polar surface area (TPSA) is 20.3 Å². The van der Waals surface area contributed by atoms with Gasteiger partial charge in [0.15, 0.2) is 5.78 Å². The molecule has 126 valence electrons. The lowest BCUT2D eigenvalue weighted by atomic mass is 9.68. The predicted octanol–water partition coefficient (Wildman–Crippen LogP) is 4.56. The molecule has 1 aliphatic heterocycles. The molecule has 1 fully saturated rings. The summed E-state index contributed by atoms with van der Waals surface area (Å²) in [6, 6.07) is 20.5. The lowest BCUT2D eigenvalue weighted by Gasteiger charge is -2.45. The number of Topliss-reactive ketones (excluding diaryl/α,β-unsaturated/α-hetero) is 1. The highest BCUT2D eigenvalue weighted by molar-refractivity contribution is 5.96. The summed E-state index contributed by atoms with van der Waals surface area (Å²) in [4.78, 5) is 14.7. The van der Waals surface area contributed by atoms with Gasteiger partial charge >= 0.3 is 0 Å². The maximum atomic E-state index is 12.3. The van der Waals surface area contributed by atoms with Gasteiger partial charge in [-0.1, -0.05) is 74.5 Å². The van der Waals surface area contributed by atoms with Crippen LogP contribution in [0.25, 0.3) is 0 Å². The summed E-state index contributed by atoms with van der Waals surface area (Å²) in [6.45, 7) is 7.73. The molecule has 2 heteroatoms. The van der Waals surface area contributed by atoms with E-state index in [0.29, 0.717) is 12.3 Å². The van der Waals surface area contributed by atoms with E-state index in [1.54, 1.807) is 0 Å². The Balaban J connectivity index is 1.57. The number of ketones is 1. The van der Waals surface area contributed by atoms with Crippen molar-refractivity contribution in [3.05, 3.63) is 71.8 Å². The van der Waals surface area contributed by atoms with E-state index < -0.39 is 0 Å². The molecule has 0 N–H and O–H groups in total. The zero-order chi connectivity index (χ0) is 17.0. The third kappa shape index (κ3) is 3.59. The molecule has 0 aliphatic carbocycles. The first-order valence-corrected chi connectivity index (χ1v) is 8.96. The van der Waals surface area contributed by atoms with Crippen molar-refractivity contribution >= 4 is 5.78 Å². The number of benzene rings is 2. The van der Waals surface area contributed by atoms with Gasteiger partial charge in [-0.15, -0.1) is 0 Å². The molecule has 2 aromatic rings. The van der Waals surface area contributed by atoms with Crippen LogP contribution in [-0.2, 0) is 5.41 Å². The summed E-state index contributed by atoms with van der Waals surface area (Å²) in [7, 11) is 0. The Morgan fingerprint density at radius 3 is 2.33 bits per heavy atom. The van der Waals surface area contributed by atoms with Crippen LogP contribution in [0.3, 0.4) is 0 Å². The van der Waals surface area contributed by atoms with Crippen LogP contribution in [0.5, 0.6) is 0 Å². The average molecular weight is 321 g/mol. The number of piperidine rings is 1. The Hall–Kier alpha value is -1.93. The molecule has 0 bridgehead atoms. The number of nitrogens with zero attached hydrogens (tertiary/aromatic N) is 1. The molecule has 1 aliphatic rings. The summed E-state index contributed by atoms with van der Waals surface area (Å²) in [6.07, 6.45) is 1.76. The molecule has 0 amide bonds. The molecule has 0 saturated carbocycles. The van der Waals surface area contributed by atoms with E-state index >= 15 is 0 Å². The van der Waals surface area contributed by atoms with Gasteiger partial charge in [0.1, 0.15) is 0 Å². The molecule has 24 heavy (non-hydrogen) atoms. The first-order valence-electron chi connectivity index (χ1n) is 8.96. The Bertz CT molecular complexity index is 667. The summed E-state index contributed by atoms with van der Waals surface area (Å²) in [5.41, 5.74) is 2.51. The van der Waals surface area contributed by atoms with E-state index in [1.807, 2.05) is 30.3 Å². The van der Waals surface area contributed by atoms with E-state index in [4.69, 9.17) is 0 Å². The molecule has 2 nitrogen and oxygen atoms in total. The van der Waals surface area contributed by atoms with E-state index in [0.717, 1.165) is 31.6 Å². The predicted molar refractivity (Wildman–Crippen MR) is 99.4 cm³/mol. The summed E-state index contributed by atoms with van der Waals surface area (Å²) < 4.78 is 0. The van der Waals surface area contributed by atoms with Gasteiger partial charge in [-0.25, -0.2) is 0 Å². The first kappa shape index (κ1) is 16.9. The number of rotatable bonds is 5. The molecular formula is C22H27NO.